The predicted octanol–water partition coefficient (Wildman–Crippen LogP) is 6.75. The number of aryl methyl sites for hydroxylation is 2. The van der Waals surface area contributed by atoms with Crippen molar-refractivity contribution in [1.29, 1.82) is 0 Å². The van der Waals surface area contributed by atoms with Crippen molar-refractivity contribution in [3.8, 4) is 5.75 Å². The number of rotatable bonds is 33. The Hall–Kier alpha value is -7.30. The summed E-state index contributed by atoms with van der Waals surface area (Å²) in [7, 11) is 0. The van der Waals surface area contributed by atoms with Crippen LogP contribution in [0.4, 0.5) is 16.2 Å². The topological polar surface area (TPSA) is 281 Å². The van der Waals surface area contributed by atoms with Crippen LogP contribution in [0.3, 0.4) is 0 Å². The molecule has 0 unspecified atom stereocenters. The number of carbonyl (C=O) groups excluding carboxylic acids is 5. The first-order valence-corrected chi connectivity index (χ1v) is 25.6. The number of primary amides is 1. The SMILES string of the molecule is CCCn1/c(=N/C(=O)c2cccc(C(N)=O)c2)[nH]c2ccc(CCC(=O)NCCCOCCOCCOCCOCCOCCCNC(=O)c3ccc(/N=N/c4cc(CCNC(=O)OC(C)(C)C)ccc4O)cc3)cc21. The number of hydrogen-bond donors (Lipinski definition) is 6. The van der Waals surface area contributed by atoms with Crippen LogP contribution in [0.5, 0.6) is 5.75 Å². The van der Waals surface area contributed by atoms with Gasteiger partial charge >= 0.3 is 6.09 Å². The van der Waals surface area contributed by atoms with Gasteiger partial charge in [-0.2, -0.15) is 10.1 Å². The number of H-pyrrole nitrogens is 1. The number of ether oxygens (including phenoxy) is 6. The van der Waals surface area contributed by atoms with Crippen LogP contribution in [-0.4, -0.2) is 136 Å². The molecule has 0 atom stereocenters. The molecule has 0 fully saturated rings. The van der Waals surface area contributed by atoms with Crippen LogP contribution >= 0.6 is 0 Å². The number of nitrogens with zero attached hydrogens (tertiary/aromatic N) is 4. The van der Waals surface area contributed by atoms with Gasteiger partial charge in [-0.1, -0.05) is 25.1 Å². The van der Waals surface area contributed by atoms with Crippen molar-refractivity contribution in [2.24, 2.45) is 21.0 Å². The monoisotopic (exact) mass is 1050 g/mol. The number of carbonyl (C=O) groups is 5. The van der Waals surface area contributed by atoms with E-state index in [1.54, 1.807) is 75.4 Å². The molecule has 0 radical (unpaired) electrons. The molecule has 0 bridgehead atoms. The van der Waals surface area contributed by atoms with Gasteiger partial charge < -0.3 is 64.8 Å². The Morgan fingerprint density at radius 3 is 1.89 bits per heavy atom. The van der Waals surface area contributed by atoms with Crippen molar-refractivity contribution >= 4 is 52.1 Å². The molecule has 0 aliphatic carbocycles. The van der Waals surface area contributed by atoms with Gasteiger partial charge in [-0.15, -0.1) is 5.11 Å². The normalized spacial score (nSPS) is 11.8. The zero-order valence-corrected chi connectivity index (χ0v) is 44.0. The minimum Gasteiger partial charge on any atom is -0.506 e. The zero-order chi connectivity index (χ0) is 54.5. The van der Waals surface area contributed by atoms with E-state index in [0.717, 1.165) is 28.6 Å². The highest BCUT2D eigenvalue weighted by Crippen LogP contribution is 2.29. The van der Waals surface area contributed by atoms with Crippen LogP contribution in [0, 0.1) is 0 Å². The number of aromatic nitrogens is 2. The number of aromatic hydroxyl groups is 1. The third-order valence-corrected chi connectivity index (χ3v) is 11.1. The van der Waals surface area contributed by atoms with Crippen molar-refractivity contribution in [1.82, 2.24) is 25.5 Å². The van der Waals surface area contributed by atoms with E-state index in [2.05, 4.69) is 36.2 Å². The van der Waals surface area contributed by atoms with Gasteiger partial charge in [0.2, 0.25) is 17.4 Å². The quantitative estimate of drug-likeness (QED) is 0.0188. The van der Waals surface area contributed by atoms with Crippen LogP contribution in [0.15, 0.2) is 100 Å². The summed E-state index contributed by atoms with van der Waals surface area (Å²) in [5, 5.41) is 27.2. The molecule has 0 spiro atoms. The number of nitrogens with two attached hydrogens (primary N) is 1. The van der Waals surface area contributed by atoms with Crippen molar-refractivity contribution in [2.75, 3.05) is 85.7 Å². The Morgan fingerprint density at radius 1 is 0.658 bits per heavy atom. The largest absolute Gasteiger partial charge is 0.506 e. The number of imidazole rings is 1. The van der Waals surface area contributed by atoms with E-state index in [9.17, 15) is 29.1 Å². The Balaban J connectivity index is 0.808. The Kier molecular flexibility index (Phi) is 25.2. The summed E-state index contributed by atoms with van der Waals surface area (Å²) < 4.78 is 35.1. The third kappa shape index (κ3) is 21.9. The van der Waals surface area contributed by atoms with Gasteiger partial charge in [-0.05, 0) is 131 Å². The van der Waals surface area contributed by atoms with Crippen molar-refractivity contribution in [3.63, 3.8) is 0 Å². The second kappa shape index (κ2) is 32.2. The number of amides is 5. The maximum Gasteiger partial charge on any atom is 0.407 e. The highest BCUT2D eigenvalue weighted by Gasteiger charge is 2.16. The summed E-state index contributed by atoms with van der Waals surface area (Å²) in [4.78, 5) is 69.2. The van der Waals surface area contributed by atoms with Gasteiger partial charge in [0.15, 0.2) is 0 Å². The molecule has 21 nitrogen and oxygen atoms in total. The van der Waals surface area contributed by atoms with E-state index < -0.39 is 23.5 Å². The summed E-state index contributed by atoms with van der Waals surface area (Å²) in [6.45, 7) is 13.7. The first-order chi connectivity index (χ1) is 36.7. The number of hydrogen-bond acceptors (Lipinski definition) is 14. The highest BCUT2D eigenvalue weighted by molar-refractivity contribution is 5.99. The maximum atomic E-state index is 13.0. The molecule has 5 aromatic rings. The van der Waals surface area contributed by atoms with Crippen LogP contribution in [0.1, 0.15) is 95.6 Å². The van der Waals surface area contributed by atoms with Gasteiger partial charge in [0.05, 0.1) is 69.6 Å². The first-order valence-electron chi connectivity index (χ1n) is 25.6. The van der Waals surface area contributed by atoms with Crippen LogP contribution in [-0.2, 0) is 52.6 Å². The number of azo groups is 1. The van der Waals surface area contributed by atoms with Crippen molar-refractivity contribution < 1.29 is 57.5 Å². The lowest BCUT2D eigenvalue weighted by Gasteiger charge is -2.19. The van der Waals surface area contributed by atoms with Crippen LogP contribution in [0.2, 0.25) is 0 Å². The Labute approximate surface area is 442 Å². The van der Waals surface area contributed by atoms with E-state index in [0.29, 0.717) is 141 Å². The third-order valence-electron chi connectivity index (χ3n) is 11.1. The first kappa shape index (κ1) is 59.6. The van der Waals surface area contributed by atoms with E-state index in [1.807, 2.05) is 29.7 Å². The predicted molar refractivity (Wildman–Crippen MR) is 285 cm³/mol. The molecular formula is C55H73N9O12. The molecule has 4 aromatic carbocycles. The number of alkyl carbamates (subject to hydrolysis) is 1. The minimum atomic E-state index is -0.620. The van der Waals surface area contributed by atoms with Crippen molar-refractivity contribution in [3.05, 3.63) is 118 Å². The lowest BCUT2D eigenvalue weighted by atomic mass is 10.1. The zero-order valence-electron chi connectivity index (χ0n) is 44.0. The van der Waals surface area contributed by atoms with E-state index in [-0.39, 0.29) is 34.4 Å². The molecule has 410 valence electrons. The summed E-state index contributed by atoms with van der Waals surface area (Å²) >= 11 is 0. The maximum absolute atomic E-state index is 13.0. The van der Waals surface area contributed by atoms with Gasteiger partial charge in [0.1, 0.15) is 17.0 Å². The molecule has 5 rings (SSSR count). The summed E-state index contributed by atoms with van der Waals surface area (Å²) in [6.07, 6.45) is 2.99. The number of aromatic amines is 1. The second-order valence-electron chi connectivity index (χ2n) is 18.4. The second-order valence-corrected chi connectivity index (χ2v) is 18.4. The molecule has 1 aromatic heterocycles. The minimum absolute atomic E-state index is 0.0323. The fourth-order valence-electron chi connectivity index (χ4n) is 7.30. The number of benzene rings is 4. The number of nitrogens with one attached hydrogen (secondary N) is 4. The number of phenols is 1. The molecule has 0 aliphatic heterocycles. The average Bonchev–Trinajstić information content (AvgIpc) is 3.74. The fraction of sp³-hybridized carbons (Fsp3) is 0.455. The Morgan fingerprint density at radius 2 is 1.26 bits per heavy atom. The van der Waals surface area contributed by atoms with E-state index >= 15 is 0 Å². The summed E-state index contributed by atoms with van der Waals surface area (Å²) in [6, 6.07) is 23.7. The standard InChI is InChI=1S/C55H73N9O12/c1-5-25-64-47-37-39(11-18-45(47)60-53(64)61-52(69)43-10-6-9-42(38-43)50(56)67)13-20-49(66)57-22-7-26-71-28-30-73-32-34-75-35-33-74-31-29-72-27-8-23-58-51(68)41-14-16-44(17-15-41)62-63-46-36-40(12-19-48(46)65)21-24-59-54(70)76-55(2,3)4/h6,9-12,14-19,36-38,65H,5,7-8,13,20-35H2,1-4H3,(H2,56,67)(H,57,66)(H,58,68)(H,59,70)(H,60,61,69)/b63-62+. The lowest BCUT2D eigenvalue weighted by Crippen LogP contribution is -2.33. The Bertz CT molecular complexity index is 2750. The van der Waals surface area contributed by atoms with Gasteiger partial charge in [0.25, 0.3) is 11.8 Å². The van der Waals surface area contributed by atoms with E-state index in [4.69, 9.17) is 34.2 Å². The molecule has 76 heavy (non-hydrogen) atoms. The van der Waals surface area contributed by atoms with Crippen LogP contribution in [0.25, 0.3) is 11.0 Å². The molecule has 0 saturated heterocycles. The highest BCUT2D eigenvalue weighted by atomic mass is 16.6. The molecule has 1 heterocycles. The van der Waals surface area contributed by atoms with Gasteiger partial charge in [-0.3, -0.25) is 19.2 Å². The molecular weight excluding hydrogens is 979 g/mol. The smallest absolute Gasteiger partial charge is 0.407 e. The molecule has 0 aliphatic rings. The molecule has 7 N–H and O–H groups in total. The van der Waals surface area contributed by atoms with Gasteiger partial charge in [0, 0.05) is 62.5 Å². The number of fused-ring (bicyclic) bond motifs is 1. The molecule has 0 saturated carbocycles. The average molecular weight is 1050 g/mol. The van der Waals surface area contributed by atoms with Gasteiger partial charge in [-0.25, -0.2) is 4.79 Å². The van der Waals surface area contributed by atoms with Crippen LogP contribution < -0.4 is 27.3 Å². The molecule has 21 heteroatoms. The summed E-state index contributed by atoms with van der Waals surface area (Å²) in [5.74, 6) is -1.42. The molecule has 5 amide bonds. The summed E-state index contributed by atoms with van der Waals surface area (Å²) in [5.41, 5.74) is 10.5. The lowest BCUT2D eigenvalue weighted by molar-refractivity contribution is -0.121. The van der Waals surface area contributed by atoms with Crippen molar-refractivity contribution in [2.45, 2.75) is 78.4 Å². The number of phenolic OH excluding ortho intramolecular Hbond substituents is 1. The fourth-order valence-corrected chi connectivity index (χ4v) is 7.30. The van der Waals surface area contributed by atoms with E-state index in [1.165, 1.54) is 12.1 Å².